The molecule has 2 aliphatic rings. The van der Waals surface area contributed by atoms with Gasteiger partial charge in [-0.3, -0.25) is 4.79 Å². The molecule has 9 heteroatoms. The van der Waals surface area contributed by atoms with Gasteiger partial charge in [-0.25, -0.2) is 17.5 Å². The third-order valence-corrected chi connectivity index (χ3v) is 8.48. The standard InChI is InChI=1S/C25H27FN4O3S/c1-17-6-5-15-29(16-17)34(32,33)19-13-11-18(12-14-19)27-25(31)24-20-7-4-10-22(20)30(28-24)23-9-3-2-8-21(23)26/h2-3,8-9,11-14,17H,4-7,10,15-16H2,1H3,(H,27,31). The zero-order chi connectivity index (χ0) is 23.9. The summed E-state index contributed by atoms with van der Waals surface area (Å²) in [5, 5.41) is 7.26. The molecule has 2 heterocycles. The molecule has 0 bridgehead atoms. The van der Waals surface area contributed by atoms with Gasteiger partial charge in [0.2, 0.25) is 10.0 Å². The molecule has 5 rings (SSSR count). The summed E-state index contributed by atoms with van der Waals surface area (Å²) in [5.41, 5.74) is 2.76. The molecule has 1 N–H and O–H groups in total. The van der Waals surface area contributed by atoms with E-state index in [4.69, 9.17) is 0 Å². The van der Waals surface area contributed by atoms with Crippen molar-refractivity contribution in [3.05, 3.63) is 71.3 Å². The summed E-state index contributed by atoms with van der Waals surface area (Å²) in [6.45, 7) is 3.11. The van der Waals surface area contributed by atoms with Gasteiger partial charge in [-0.1, -0.05) is 19.1 Å². The number of benzene rings is 2. The number of rotatable bonds is 5. The molecule has 1 fully saturated rings. The number of sulfonamides is 1. The quantitative estimate of drug-likeness (QED) is 0.592. The van der Waals surface area contributed by atoms with E-state index in [0.717, 1.165) is 36.9 Å². The number of fused-ring (bicyclic) bond motifs is 1. The Morgan fingerprint density at radius 2 is 1.85 bits per heavy atom. The monoisotopic (exact) mass is 482 g/mol. The summed E-state index contributed by atoms with van der Waals surface area (Å²) in [6.07, 6.45) is 4.21. The van der Waals surface area contributed by atoms with Crippen LogP contribution in [0.25, 0.3) is 5.69 Å². The molecular formula is C25H27FN4O3S. The molecule has 2 aromatic carbocycles. The van der Waals surface area contributed by atoms with E-state index in [9.17, 15) is 17.6 Å². The van der Waals surface area contributed by atoms with Gasteiger partial charge in [0.15, 0.2) is 5.69 Å². The Balaban J connectivity index is 1.37. The summed E-state index contributed by atoms with van der Waals surface area (Å²) < 4.78 is 43.4. The first kappa shape index (κ1) is 22.7. The summed E-state index contributed by atoms with van der Waals surface area (Å²) >= 11 is 0. The molecule has 7 nitrogen and oxygen atoms in total. The first-order chi connectivity index (χ1) is 16.3. The Morgan fingerprint density at radius 3 is 2.59 bits per heavy atom. The largest absolute Gasteiger partial charge is 0.321 e. The van der Waals surface area contributed by atoms with Gasteiger partial charge < -0.3 is 5.32 Å². The molecule has 1 aliphatic carbocycles. The Bertz CT molecular complexity index is 1330. The minimum absolute atomic E-state index is 0.212. The van der Waals surface area contributed by atoms with Gasteiger partial charge in [0.1, 0.15) is 11.5 Å². The van der Waals surface area contributed by atoms with Gasteiger partial charge >= 0.3 is 0 Å². The van der Waals surface area contributed by atoms with E-state index in [2.05, 4.69) is 17.3 Å². The van der Waals surface area contributed by atoms with Crippen LogP contribution in [0.5, 0.6) is 0 Å². The maximum atomic E-state index is 14.4. The van der Waals surface area contributed by atoms with E-state index < -0.39 is 21.7 Å². The lowest BCUT2D eigenvalue weighted by molar-refractivity contribution is 0.102. The van der Waals surface area contributed by atoms with Gasteiger partial charge in [-0.05, 0) is 74.4 Å². The molecule has 34 heavy (non-hydrogen) atoms. The Hall–Kier alpha value is -3.04. The van der Waals surface area contributed by atoms with Crippen molar-refractivity contribution < 1.29 is 17.6 Å². The molecule has 1 amide bonds. The number of hydrogen-bond acceptors (Lipinski definition) is 4. The van der Waals surface area contributed by atoms with E-state index in [-0.39, 0.29) is 10.6 Å². The highest BCUT2D eigenvalue weighted by atomic mass is 32.2. The van der Waals surface area contributed by atoms with Crippen LogP contribution < -0.4 is 5.32 Å². The van der Waals surface area contributed by atoms with E-state index in [1.54, 1.807) is 30.3 Å². The molecule has 1 atom stereocenters. The van der Waals surface area contributed by atoms with Crippen molar-refractivity contribution in [2.24, 2.45) is 5.92 Å². The molecule has 0 saturated carbocycles. The molecule has 1 saturated heterocycles. The summed E-state index contributed by atoms with van der Waals surface area (Å²) in [7, 11) is -3.56. The second kappa shape index (κ2) is 8.96. The lowest BCUT2D eigenvalue weighted by atomic mass is 10.0. The second-order valence-corrected chi connectivity index (χ2v) is 11.0. The highest BCUT2D eigenvalue weighted by Gasteiger charge is 2.30. The van der Waals surface area contributed by atoms with Crippen molar-refractivity contribution in [1.82, 2.24) is 14.1 Å². The van der Waals surface area contributed by atoms with Crippen LogP contribution in [0.3, 0.4) is 0 Å². The average Bonchev–Trinajstić information content (AvgIpc) is 3.43. The number of piperidine rings is 1. The molecule has 1 unspecified atom stereocenters. The Kier molecular flexibility index (Phi) is 5.99. The van der Waals surface area contributed by atoms with E-state index >= 15 is 0 Å². The van der Waals surface area contributed by atoms with E-state index in [1.165, 1.54) is 27.2 Å². The van der Waals surface area contributed by atoms with Crippen molar-refractivity contribution in [2.45, 2.75) is 43.9 Å². The zero-order valence-electron chi connectivity index (χ0n) is 19.0. The van der Waals surface area contributed by atoms with Gasteiger partial charge in [0.25, 0.3) is 5.91 Å². The summed E-state index contributed by atoms with van der Waals surface area (Å²) in [4.78, 5) is 13.3. The maximum absolute atomic E-state index is 14.4. The smallest absolute Gasteiger partial charge is 0.276 e. The molecule has 0 spiro atoms. The fraction of sp³-hybridized carbons (Fsp3) is 0.360. The second-order valence-electron chi connectivity index (χ2n) is 9.08. The van der Waals surface area contributed by atoms with Gasteiger partial charge in [-0.15, -0.1) is 0 Å². The fourth-order valence-corrected chi connectivity index (χ4v) is 6.46. The van der Waals surface area contributed by atoms with Crippen molar-refractivity contribution in [1.29, 1.82) is 0 Å². The van der Waals surface area contributed by atoms with Crippen LogP contribution in [0.1, 0.15) is 47.9 Å². The average molecular weight is 483 g/mol. The zero-order valence-corrected chi connectivity index (χ0v) is 19.8. The number of halogens is 1. The maximum Gasteiger partial charge on any atom is 0.276 e. The molecule has 178 valence electrons. The number of amides is 1. The number of hydrogen-bond donors (Lipinski definition) is 1. The fourth-order valence-electron chi connectivity index (χ4n) is 4.86. The van der Waals surface area contributed by atoms with Crippen LogP contribution in [0.2, 0.25) is 0 Å². The highest BCUT2D eigenvalue weighted by molar-refractivity contribution is 7.89. The van der Waals surface area contributed by atoms with Gasteiger partial charge in [0, 0.05) is 30.0 Å². The highest BCUT2D eigenvalue weighted by Crippen LogP contribution is 2.29. The molecule has 1 aromatic heterocycles. The van der Waals surface area contributed by atoms with Crippen LogP contribution in [0.15, 0.2) is 53.4 Å². The lowest BCUT2D eigenvalue weighted by Gasteiger charge is -2.30. The SMILES string of the molecule is CC1CCCN(S(=O)(=O)c2ccc(NC(=O)c3nn(-c4ccccc4F)c4c3CCC4)cc2)C1. The third kappa shape index (κ3) is 4.14. The van der Waals surface area contributed by atoms with E-state index in [0.29, 0.717) is 36.8 Å². The number of carbonyl (C=O) groups excluding carboxylic acids is 1. The van der Waals surface area contributed by atoms with Crippen molar-refractivity contribution in [3.8, 4) is 5.69 Å². The topological polar surface area (TPSA) is 84.3 Å². The summed E-state index contributed by atoms with van der Waals surface area (Å²) in [6, 6.07) is 12.6. The minimum atomic E-state index is -3.56. The Labute approximate surface area is 198 Å². The van der Waals surface area contributed by atoms with Crippen LogP contribution >= 0.6 is 0 Å². The first-order valence-corrected chi connectivity index (χ1v) is 13.1. The Morgan fingerprint density at radius 1 is 1.09 bits per heavy atom. The number of para-hydroxylation sites is 1. The van der Waals surface area contributed by atoms with Crippen LogP contribution in [0, 0.1) is 11.7 Å². The number of anilines is 1. The lowest BCUT2D eigenvalue weighted by Crippen LogP contribution is -2.39. The molecule has 0 radical (unpaired) electrons. The number of nitrogens with one attached hydrogen (secondary N) is 1. The predicted octanol–water partition coefficient (Wildman–Crippen LogP) is 4.17. The van der Waals surface area contributed by atoms with Crippen molar-refractivity contribution in [2.75, 3.05) is 18.4 Å². The number of carbonyl (C=O) groups is 1. The molecule has 3 aromatic rings. The summed E-state index contributed by atoms with van der Waals surface area (Å²) in [5.74, 6) is -0.451. The number of nitrogens with zero attached hydrogens (tertiary/aromatic N) is 3. The van der Waals surface area contributed by atoms with Crippen molar-refractivity contribution >= 4 is 21.6 Å². The first-order valence-electron chi connectivity index (χ1n) is 11.6. The normalized spacial score (nSPS) is 18.6. The third-order valence-electron chi connectivity index (χ3n) is 6.60. The van der Waals surface area contributed by atoms with Gasteiger partial charge in [-0.2, -0.15) is 9.40 Å². The van der Waals surface area contributed by atoms with Crippen LogP contribution in [0.4, 0.5) is 10.1 Å². The minimum Gasteiger partial charge on any atom is -0.321 e. The predicted molar refractivity (Wildman–Crippen MR) is 127 cm³/mol. The van der Waals surface area contributed by atoms with Crippen LogP contribution in [-0.4, -0.2) is 41.5 Å². The molecule has 1 aliphatic heterocycles. The van der Waals surface area contributed by atoms with E-state index in [1.807, 2.05) is 0 Å². The van der Waals surface area contributed by atoms with Gasteiger partial charge in [0.05, 0.1) is 4.90 Å². The van der Waals surface area contributed by atoms with Crippen LogP contribution in [-0.2, 0) is 22.9 Å². The number of aromatic nitrogens is 2. The molecular weight excluding hydrogens is 455 g/mol. The van der Waals surface area contributed by atoms with Crippen molar-refractivity contribution in [3.63, 3.8) is 0 Å².